The van der Waals surface area contributed by atoms with Crippen molar-refractivity contribution >= 4 is 17.3 Å². The molecule has 2 heterocycles. The molecule has 0 radical (unpaired) electrons. The van der Waals surface area contributed by atoms with Crippen molar-refractivity contribution < 1.29 is 19.2 Å². The third-order valence-corrected chi connectivity index (χ3v) is 6.12. The predicted molar refractivity (Wildman–Crippen MR) is 108 cm³/mol. The van der Waals surface area contributed by atoms with E-state index in [-0.39, 0.29) is 22.1 Å². The number of hydrogen-bond acceptors (Lipinski definition) is 6. The summed E-state index contributed by atoms with van der Waals surface area (Å²) in [5.41, 5.74) is 0.271. The minimum atomic E-state index is -0.390. The quantitative estimate of drug-likeness (QED) is 0.570. The number of anilines is 1. The number of nitrogens with zero attached hydrogens (tertiary/aromatic N) is 3. The fraction of sp³-hybridized carbons (Fsp3) is 0.667. The van der Waals surface area contributed by atoms with Crippen molar-refractivity contribution in [2.24, 2.45) is 0 Å². The summed E-state index contributed by atoms with van der Waals surface area (Å²) in [5.74, 6) is -0.183. The molecule has 4 rings (SSSR count). The van der Waals surface area contributed by atoms with Crippen molar-refractivity contribution in [2.45, 2.75) is 50.7 Å². The van der Waals surface area contributed by atoms with Gasteiger partial charge in [0.25, 0.3) is 11.6 Å². The Kier molecular flexibility index (Phi) is 5.25. The number of benzene rings is 1. The van der Waals surface area contributed by atoms with E-state index < -0.39 is 5.60 Å². The molecule has 1 aromatic rings. The molecule has 0 N–H and O–H groups in total. The largest absolute Gasteiger partial charge is 0.378 e. The zero-order chi connectivity index (χ0) is 20.6. The number of rotatable bonds is 3. The lowest BCUT2D eigenvalue weighted by molar-refractivity contribution is -0.384. The highest BCUT2D eigenvalue weighted by Gasteiger charge is 2.46. The van der Waals surface area contributed by atoms with Crippen LogP contribution < -0.4 is 4.90 Å². The lowest BCUT2D eigenvalue weighted by Gasteiger charge is -2.49. The molecule has 158 valence electrons. The molecule has 0 aromatic heterocycles. The number of amides is 1. The number of nitro benzene ring substituents is 1. The maximum atomic E-state index is 12.8. The fourth-order valence-electron chi connectivity index (χ4n) is 4.98. The summed E-state index contributed by atoms with van der Waals surface area (Å²) in [6.07, 6.45) is 4.21. The van der Waals surface area contributed by atoms with Gasteiger partial charge in [-0.05, 0) is 38.8 Å². The first-order chi connectivity index (χ1) is 13.8. The molecule has 2 aliphatic heterocycles. The smallest absolute Gasteiger partial charge is 0.293 e. The first-order valence-corrected chi connectivity index (χ1v) is 10.4. The molecule has 1 amide bonds. The molecule has 3 fully saturated rings. The van der Waals surface area contributed by atoms with Gasteiger partial charge in [0.2, 0.25) is 0 Å². The standard InChI is InChI=1S/C21H29N3O5/c1-20(2)14-23(15-21(29-20)7-3-4-8-21)17-6-5-16(13-18(17)24(26)27)19(25)22-9-11-28-12-10-22/h5-6,13H,3-4,7-12,14-15H2,1-2H3. The number of nitro groups is 1. The van der Waals surface area contributed by atoms with Gasteiger partial charge in [0.1, 0.15) is 5.69 Å². The number of carbonyl (C=O) groups is 1. The van der Waals surface area contributed by atoms with Crippen molar-refractivity contribution in [1.82, 2.24) is 4.90 Å². The van der Waals surface area contributed by atoms with Gasteiger partial charge in [0.15, 0.2) is 0 Å². The average Bonchev–Trinajstić information content (AvgIpc) is 3.13. The summed E-state index contributed by atoms with van der Waals surface area (Å²) in [6, 6.07) is 4.87. The van der Waals surface area contributed by atoms with Crippen LogP contribution in [0.3, 0.4) is 0 Å². The van der Waals surface area contributed by atoms with E-state index in [9.17, 15) is 14.9 Å². The van der Waals surface area contributed by atoms with E-state index in [0.717, 1.165) is 25.7 Å². The van der Waals surface area contributed by atoms with Crippen LogP contribution in [0.2, 0.25) is 0 Å². The summed E-state index contributed by atoms with van der Waals surface area (Å²) < 4.78 is 11.7. The van der Waals surface area contributed by atoms with E-state index in [1.165, 1.54) is 6.07 Å². The number of ether oxygens (including phenoxy) is 2. The zero-order valence-corrected chi connectivity index (χ0v) is 17.2. The zero-order valence-electron chi connectivity index (χ0n) is 17.2. The van der Waals surface area contributed by atoms with Crippen molar-refractivity contribution in [3.05, 3.63) is 33.9 Å². The summed E-state index contributed by atoms with van der Waals surface area (Å²) in [4.78, 5) is 28.1. The summed E-state index contributed by atoms with van der Waals surface area (Å²) >= 11 is 0. The molecule has 3 aliphatic rings. The van der Waals surface area contributed by atoms with Crippen LogP contribution in [0, 0.1) is 10.1 Å². The topological polar surface area (TPSA) is 85.2 Å². The Hall–Kier alpha value is -2.19. The minimum Gasteiger partial charge on any atom is -0.378 e. The van der Waals surface area contributed by atoms with E-state index in [4.69, 9.17) is 9.47 Å². The summed E-state index contributed by atoms with van der Waals surface area (Å²) in [7, 11) is 0. The van der Waals surface area contributed by atoms with Crippen LogP contribution >= 0.6 is 0 Å². The van der Waals surface area contributed by atoms with Gasteiger partial charge in [0.05, 0.1) is 29.3 Å². The van der Waals surface area contributed by atoms with E-state index in [0.29, 0.717) is 50.6 Å². The average molecular weight is 403 g/mol. The van der Waals surface area contributed by atoms with E-state index in [1.807, 2.05) is 13.8 Å². The molecule has 1 aromatic carbocycles. The highest BCUT2D eigenvalue weighted by atomic mass is 16.6. The molecular weight excluding hydrogens is 374 g/mol. The second-order valence-corrected chi connectivity index (χ2v) is 8.97. The van der Waals surface area contributed by atoms with E-state index in [2.05, 4.69) is 4.90 Å². The van der Waals surface area contributed by atoms with Crippen molar-refractivity contribution in [1.29, 1.82) is 0 Å². The Balaban J connectivity index is 1.64. The monoisotopic (exact) mass is 403 g/mol. The van der Waals surface area contributed by atoms with Crippen molar-refractivity contribution in [2.75, 3.05) is 44.3 Å². The Morgan fingerprint density at radius 1 is 1.14 bits per heavy atom. The van der Waals surface area contributed by atoms with Gasteiger partial charge in [-0.2, -0.15) is 0 Å². The molecule has 1 aliphatic carbocycles. The van der Waals surface area contributed by atoms with Crippen LogP contribution in [0.5, 0.6) is 0 Å². The number of hydrogen-bond donors (Lipinski definition) is 0. The van der Waals surface area contributed by atoms with Crippen LogP contribution in [-0.4, -0.2) is 66.3 Å². The van der Waals surface area contributed by atoms with Crippen molar-refractivity contribution in [3.63, 3.8) is 0 Å². The first kappa shape index (κ1) is 20.1. The molecule has 1 spiro atoms. The molecule has 0 atom stereocenters. The number of morpholine rings is 2. The van der Waals surface area contributed by atoms with E-state index >= 15 is 0 Å². The van der Waals surface area contributed by atoms with Crippen LogP contribution in [0.4, 0.5) is 11.4 Å². The summed E-state index contributed by atoms with van der Waals surface area (Å²) in [5, 5.41) is 11.9. The van der Waals surface area contributed by atoms with Gasteiger partial charge in [-0.1, -0.05) is 12.8 Å². The molecule has 8 heteroatoms. The van der Waals surface area contributed by atoms with Crippen LogP contribution in [-0.2, 0) is 9.47 Å². The lowest BCUT2D eigenvalue weighted by Crippen LogP contribution is -2.58. The van der Waals surface area contributed by atoms with Crippen LogP contribution in [0.25, 0.3) is 0 Å². The molecule has 0 bridgehead atoms. The molecule has 8 nitrogen and oxygen atoms in total. The molecule has 2 saturated heterocycles. The highest BCUT2D eigenvalue weighted by Crippen LogP contribution is 2.43. The fourth-order valence-corrected chi connectivity index (χ4v) is 4.98. The van der Waals surface area contributed by atoms with Gasteiger partial charge >= 0.3 is 0 Å². The third-order valence-electron chi connectivity index (χ3n) is 6.12. The highest BCUT2D eigenvalue weighted by molar-refractivity contribution is 5.96. The van der Waals surface area contributed by atoms with Gasteiger partial charge in [0, 0.05) is 37.8 Å². The second kappa shape index (κ2) is 7.57. The maximum Gasteiger partial charge on any atom is 0.293 e. The van der Waals surface area contributed by atoms with Gasteiger partial charge in [-0.15, -0.1) is 0 Å². The second-order valence-electron chi connectivity index (χ2n) is 8.97. The molecule has 0 unspecified atom stereocenters. The number of carbonyl (C=O) groups excluding carboxylic acids is 1. The van der Waals surface area contributed by atoms with E-state index in [1.54, 1.807) is 17.0 Å². The maximum absolute atomic E-state index is 12.8. The Bertz CT molecular complexity index is 798. The molecule has 29 heavy (non-hydrogen) atoms. The lowest BCUT2D eigenvalue weighted by atomic mass is 9.93. The predicted octanol–water partition coefficient (Wildman–Crippen LogP) is 3.00. The SMILES string of the molecule is CC1(C)CN(c2ccc(C(=O)N3CCOCC3)cc2[N+](=O)[O-])CC2(CCCC2)O1. The van der Waals surface area contributed by atoms with Crippen molar-refractivity contribution in [3.8, 4) is 0 Å². The van der Waals surface area contributed by atoms with Gasteiger partial charge in [-0.25, -0.2) is 0 Å². The van der Waals surface area contributed by atoms with Crippen LogP contribution in [0.15, 0.2) is 18.2 Å². The Morgan fingerprint density at radius 2 is 1.83 bits per heavy atom. The van der Waals surface area contributed by atoms with Crippen LogP contribution in [0.1, 0.15) is 49.9 Å². The first-order valence-electron chi connectivity index (χ1n) is 10.4. The third kappa shape index (κ3) is 4.09. The summed E-state index contributed by atoms with van der Waals surface area (Å²) in [6.45, 7) is 7.32. The normalized spacial score (nSPS) is 23.4. The van der Waals surface area contributed by atoms with Gasteiger partial charge in [-0.3, -0.25) is 14.9 Å². The Labute approximate surface area is 170 Å². The van der Waals surface area contributed by atoms with Gasteiger partial charge < -0.3 is 19.3 Å². The Morgan fingerprint density at radius 3 is 2.48 bits per heavy atom. The molecular formula is C21H29N3O5. The minimum absolute atomic E-state index is 0.0186. The molecule has 1 saturated carbocycles.